The van der Waals surface area contributed by atoms with Gasteiger partial charge in [0.15, 0.2) is 0 Å². The minimum absolute atomic E-state index is 0. The first-order valence-corrected chi connectivity index (χ1v) is 5.29. The summed E-state index contributed by atoms with van der Waals surface area (Å²) in [4.78, 5) is 0. The summed E-state index contributed by atoms with van der Waals surface area (Å²) in [5.74, 6) is 1.60. The topological polar surface area (TPSA) is 78.1 Å². The van der Waals surface area contributed by atoms with Crippen LogP contribution in [0.4, 0.5) is 0 Å². The number of hydrogen-bond donors (Lipinski definition) is 3. The zero-order valence-corrected chi connectivity index (χ0v) is 8.60. The monoisotopic (exact) mass is 264 g/mol. The summed E-state index contributed by atoms with van der Waals surface area (Å²) in [6.45, 7) is 2.36. The second kappa shape index (κ2) is 13.4. The van der Waals surface area contributed by atoms with Crippen molar-refractivity contribution in [2.75, 3.05) is 19.6 Å². The van der Waals surface area contributed by atoms with E-state index < -0.39 is 0 Å². The van der Waals surface area contributed by atoms with Crippen molar-refractivity contribution in [2.24, 2.45) is 17.2 Å². The Hall–Kier alpha value is 0.423. The van der Waals surface area contributed by atoms with Crippen molar-refractivity contribution in [2.45, 2.75) is 38.5 Å². The third-order valence-electron chi connectivity index (χ3n) is 2.20. The summed E-state index contributed by atoms with van der Waals surface area (Å²) in [5, 5.41) is 0. The van der Waals surface area contributed by atoms with Gasteiger partial charge in [-0.25, -0.2) is 0 Å². The molecular weight excluding hydrogens is 235 g/mol. The van der Waals surface area contributed by atoms with Gasteiger partial charge in [0.1, 0.15) is 0 Å². The van der Waals surface area contributed by atoms with Crippen LogP contribution in [0.1, 0.15) is 38.5 Å². The van der Waals surface area contributed by atoms with Gasteiger partial charge in [0, 0.05) is 0 Å². The molecule has 0 aromatic carbocycles. The van der Waals surface area contributed by atoms with Gasteiger partial charge in [0.25, 0.3) is 0 Å². The van der Waals surface area contributed by atoms with E-state index >= 15 is 0 Å². The van der Waals surface area contributed by atoms with Crippen LogP contribution in [-0.4, -0.2) is 37.2 Å². The molecule has 1 radical (unpaired) electrons. The van der Waals surface area contributed by atoms with Crippen molar-refractivity contribution in [3.8, 4) is 0 Å². The summed E-state index contributed by atoms with van der Waals surface area (Å²) in [6, 6.07) is 0. The fourth-order valence-corrected chi connectivity index (χ4v) is 1.43. The summed E-state index contributed by atoms with van der Waals surface area (Å²) in [7, 11) is 0. The van der Waals surface area contributed by atoms with Crippen molar-refractivity contribution in [3.05, 3.63) is 5.92 Å². The fraction of sp³-hybridized carbons (Fsp3) is 0.900. The van der Waals surface area contributed by atoms with Gasteiger partial charge in [0.2, 0.25) is 0 Å². The summed E-state index contributed by atoms with van der Waals surface area (Å²) < 4.78 is 0. The minimum atomic E-state index is 0. The summed E-state index contributed by atoms with van der Waals surface area (Å²) in [6.07, 6.45) is 6.79. The van der Waals surface area contributed by atoms with Gasteiger partial charge < -0.3 is 17.2 Å². The van der Waals surface area contributed by atoms with Gasteiger partial charge in [-0.15, -0.1) is 0 Å². The van der Waals surface area contributed by atoms with Crippen molar-refractivity contribution < 1.29 is 0 Å². The van der Waals surface area contributed by atoms with Crippen LogP contribution < -0.4 is 17.2 Å². The van der Waals surface area contributed by atoms with Gasteiger partial charge >= 0.3 is 17.6 Å². The Morgan fingerprint density at radius 3 is 1.14 bits per heavy atom. The molecule has 0 bridgehead atoms. The van der Waals surface area contributed by atoms with E-state index in [0.29, 0.717) is 0 Å². The van der Waals surface area contributed by atoms with Crippen LogP contribution in [0.5, 0.6) is 0 Å². The van der Waals surface area contributed by atoms with Gasteiger partial charge in [-0.3, -0.25) is 0 Å². The molecule has 0 atom stereocenters. The van der Waals surface area contributed by atoms with Gasteiger partial charge in [-0.1, -0.05) is 0 Å². The first kappa shape index (κ1) is 16.8. The maximum atomic E-state index is 5.47. The average molecular weight is 263 g/mol. The number of hydrogen-bond acceptors (Lipinski definition) is 3. The second-order valence-corrected chi connectivity index (χ2v) is 3.43. The third-order valence-corrected chi connectivity index (χ3v) is 2.20. The van der Waals surface area contributed by atoms with Crippen LogP contribution in [0, 0.1) is 5.92 Å². The molecule has 0 rings (SSSR count). The molecule has 0 spiro atoms. The van der Waals surface area contributed by atoms with Crippen LogP contribution in [0.3, 0.4) is 0 Å². The van der Waals surface area contributed by atoms with Gasteiger partial charge in [-0.05, 0) is 64.1 Å². The standard InChI is InChI=1S/C10H24N3.GeH4/c11-7-1-4-10(5-2-8-12)6-3-9-13;/h1-9,11-13H2;1H4. The fourth-order valence-electron chi connectivity index (χ4n) is 1.43. The normalized spacial score (nSPS) is 10.3. The SMILES string of the molecule is NCCC[C](CCCN)CCCN.[GeH4]. The zero-order chi connectivity index (χ0) is 9.94. The predicted octanol–water partition coefficient (Wildman–Crippen LogP) is -0.674. The summed E-state index contributed by atoms with van der Waals surface area (Å²) >= 11 is 0. The molecule has 6 N–H and O–H groups in total. The molecule has 3 nitrogen and oxygen atoms in total. The molecule has 4 heteroatoms. The van der Waals surface area contributed by atoms with E-state index in [0.717, 1.165) is 58.2 Å². The molecule has 0 aromatic rings. The van der Waals surface area contributed by atoms with Crippen LogP contribution >= 0.6 is 0 Å². The van der Waals surface area contributed by atoms with E-state index in [1.807, 2.05) is 0 Å². The number of rotatable bonds is 9. The van der Waals surface area contributed by atoms with E-state index in [4.69, 9.17) is 17.2 Å². The number of nitrogens with two attached hydrogens (primary N) is 3. The average Bonchev–Trinajstić information content (AvgIpc) is 2.17. The Morgan fingerprint density at radius 2 is 0.929 bits per heavy atom. The molecule has 0 amide bonds. The molecule has 0 fully saturated rings. The Kier molecular flexibility index (Phi) is 16.1. The van der Waals surface area contributed by atoms with Crippen LogP contribution in [0.2, 0.25) is 0 Å². The van der Waals surface area contributed by atoms with Crippen molar-refractivity contribution in [3.63, 3.8) is 0 Å². The van der Waals surface area contributed by atoms with E-state index in [1.165, 1.54) is 0 Å². The summed E-state index contributed by atoms with van der Waals surface area (Å²) in [5.41, 5.74) is 16.4. The second-order valence-electron chi connectivity index (χ2n) is 3.43. The maximum absolute atomic E-state index is 5.47. The molecule has 0 saturated heterocycles. The first-order valence-electron chi connectivity index (χ1n) is 5.29. The van der Waals surface area contributed by atoms with E-state index in [2.05, 4.69) is 0 Å². The van der Waals surface area contributed by atoms with E-state index in [-0.39, 0.29) is 17.6 Å². The molecule has 0 aliphatic rings. The van der Waals surface area contributed by atoms with Crippen LogP contribution in [0.25, 0.3) is 0 Å². The Labute approximate surface area is 99.1 Å². The quantitative estimate of drug-likeness (QED) is 0.482. The van der Waals surface area contributed by atoms with Gasteiger partial charge in [0.05, 0.1) is 0 Å². The Bertz CT molecular complexity index is 82.3. The molecule has 0 saturated carbocycles. The molecule has 0 heterocycles. The van der Waals surface area contributed by atoms with Crippen LogP contribution in [0.15, 0.2) is 0 Å². The van der Waals surface area contributed by atoms with E-state index in [1.54, 1.807) is 5.92 Å². The van der Waals surface area contributed by atoms with E-state index in [9.17, 15) is 0 Å². The molecular formula is C10H28GeN3. The van der Waals surface area contributed by atoms with Crippen molar-refractivity contribution in [1.29, 1.82) is 0 Å². The van der Waals surface area contributed by atoms with Crippen molar-refractivity contribution >= 4 is 17.6 Å². The molecule has 0 aromatic heterocycles. The Morgan fingerprint density at radius 1 is 0.643 bits per heavy atom. The molecule has 0 aliphatic heterocycles. The third kappa shape index (κ3) is 10.5. The van der Waals surface area contributed by atoms with Crippen LogP contribution in [-0.2, 0) is 0 Å². The molecule has 0 unspecified atom stereocenters. The zero-order valence-electron chi connectivity index (χ0n) is 8.60. The molecule has 0 aliphatic carbocycles. The van der Waals surface area contributed by atoms with Crippen molar-refractivity contribution in [1.82, 2.24) is 0 Å². The van der Waals surface area contributed by atoms with Gasteiger partial charge in [-0.2, -0.15) is 0 Å². The molecule has 14 heavy (non-hydrogen) atoms. The Balaban J connectivity index is 0. The first-order chi connectivity index (χ1) is 6.35. The molecule has 87 valence electrons. The predicted molar refractivity (Wildman–Crippen MR) is 69.4 cm³/mol.